The fourth-order valence-electron chi connectivity index (χ4n) is 3.33. The van der Waals surface area contributed by atoms with E-state index in [-0.39, 0.29) is 18.0 Å². The molecule has 122 valence electrons. The summed E-state index contributed by atoms with van der Waals surface area (Å²) in [6, 6.07) is 8.18. The number of hydrogen-bond acceptors (Lipinski definition) is 5. The monoisotopic (exact) mass is 331 g/mol. The molecule has 1 aliphatic heterocycles. The second-order valence-corrected chi connectivity index (χ2v) is 6.69. The number of likely N-dealkylation sites (tertiary alicyclic amines) is 1. The van der Waals surface area contributed by atoms with Crippen LogP contribution in [0, 0.1) is 6.92 Å². The summed E-state index contributed by atoms with van der Waals surface area (Å²) in [5.74, 6) is 0.865. The van der Waals surface area contributed by atoms with Gasteiger partial charge in [0.05, 0.1) is 18.8 Å². The molecule has 0 bridgehead atoms. The quantitative estimate of drug-likeness (QED) is 0.862. The van der Waals surface area contributed by atoms with Crippen molar-refractivity contribution < 1.29 is 9.53 Å². The van der Waals surface area contributed by atoms with Gasteiger partial charge in [0.25, 0.3) is 5.91 Å². The number of nitrogens with zero attached hydrogens (tertiary/aromatic N) is 3. The van der Waals surface area contributed by atoms with Gasteiger partial charge < -0.3 is 9.64 Å². The van der Waals surface area contributed by atoms with Crippen molar-refractivity contribution in [1.29, 1.82) is 0 Å². The highest BCUT2D eigenvalue weighted by atomic mass is 32.1. The Labute approximate surface area is 140 Å². The Hall–Kier alpha value is -1.95. The first kappa shape index (κ1) is 15.9. The Morgan fingerprint density at radius 1 is 1.35 bits per heavy atom. The van der Waals surface area contributed by atoms with Crippen LogP contribution in [-0.4, -0.2) is 33.5 Å². The van der Waals surface area contributed by atoms with Crippen LogP contribution in [0.25, 0.3) is 0 Å². The van der Waals surface area contributed by atoms with E-state index in [1.165, 1.54) is 11.5 Å². The highest BCUT2D eigenvalue weighted by Gasteiger charge is 2.36. The second-order valence-electron chi connectivity index (χ2n) is 5.94. The molecule has 3 rings (SSSR count). The van der Waals surface area contributed by atoms with Gasteiger partial charge in [-0.2, -0.15) is 0 Å². The van der Waals surface area contributed by atoms with Crippen molar-refractivity contribution in [2.45, 2.75) is 45.2 Å². The van der Waals surface area contributed by atoms with Crippen LogP contribution in [0.3, 0.4) is 0 Å². The highest BCUT2D eigenvalue weighted by molar-refractivity contribution is 7.07. The normalized spacial score (nSPS) is 21.3. The summed E-state index contributed by atoms with van der Waals surface area (Å²) in [6.45, 7) is 3.95. The van der Waals surface area contributed by atoms with Crippen LogP contribution in [0.4, 0.5) is 0 Å². The van der Waals surface area contributed by atoms with Crippen molar-refractivity contribution in [3.05, 3.63) is 40.4 Å². The van der Waals surface area contributed by atoms with Crippen molar-refractivity contribution in [3.8, 4) is 5.75 Å². The fourth-order valence-corrected chi connectivity index (χ4v) is 3.93. The molecule has 0 radical (unpaired) electrons. The third-order valence-electron chi connectivity index (χ3n) is 4.49. The molecule has 0 N–H and O–H groups in total. The maximum atomic E-state index is 13.1. The van der Waals surface area contributed by atoms with E-state index in [9.17, 15) is 4.79 Å². The molecule has 0 aliphatic carbocycles. The molecule has 6 heteroatoms. The molecule has 1 aliphatic rings. The molecule has 0 spiro atoms. The number of amides is 1. The summed E-state index contributed by atoms with van der Waals surface area (Å²) in [5, 5.41) is 3.99. The molecule has 1 aromatic carbocycles. The number of piperidine rings is 1. The SMILES string of the molecule is COc1ccccc1[C@H]1CCC[C@@H](C)N1C(=O)c1snnc1C. The zero-order chi connectivity index (χ0) is 16.4. The fraction of sp³-hybridized carbons (Fsp3) is 0.471. The average Bonchev–Trinajstić information content (AvgIpc) is 3.00. The van der Waals surface area contributed by atoms with Gasteiger partial charge in [-0.05, 0) is 50.7 Å². The minimum atomic E-state index is 0.0283. The summed E-state index contributed by atoms with van der Waals surface area (Å²) < 4.78 is 9.43. The van der Waals surface area contributed by atoms with Crippen molar-refractivity contribution >= 4 is 17.4 Å². The second kappa shape index (κ2) is 6.66. The number of hydrogen-bond donors (Lipinski definition) is 0. The maximum absolute atomic E-state index is 13.1. The van der Waals surface area contributed by atoms with Crippen LogP contribution in [0.2, 0.25) is 0 Å². The van der Waals surface area contributed by atoms with Crippen molar-refractivity contribution in [1.82, 2.24) is 14.5 Å². The first-order valence-corrected chi connectivity index (χ1v) is 8.65. The number of carbonyl (C=O) groups is 1. The van der Waals surface area contributed by atoms with Crippen LogP contribution in [0.1, 0.15) is 53.2 Å². The van der Waals surface area contributed by atoms with Gasteiger partial charge in [0, 0.05) is 11.6 Å². The lowest BCUT2D eigenvalue weighted by molar-refractivity contribution is 0.0477. The summed E-state index contributed by atoms with van der Waals surface area (Å²) >= 11 is 1.18. The number of aryl methyl sites for hydroxylation is 1. The summed E-state index contributed by atoms with van der Waals surface area (Å²) in [6.07, 6.45) is 3.07. The largest absolute Gasteiger partial charge is 0.496 e. The van der Waals surface area contributed by atoms with Gasteiger partial charge in [0.1, 0.15) is 10.6 Å². The molecule has 23 heavy (non-hydrogen) atoms. The van der Waals surface area contributed by atoms with Crippen LogP contribution in [0.15, 0.2) is 24.3 Å². The Balaban J connectivity index is 2.00. The number of carbonyl (C=O) groups excluding carboxylic acids is 1. The first-order chi connectivity index (χ1) is 11.1. The number of benzene rings is 1. The predicted octanol–water partition coefficient (Wildman–Crippen LogP) is 3.61. The smallest absolute Gasteiger partial charge is 0.268 e. The van der Waals surface area contributed by atoms with E-state index in [4.69, 9.17) is 4.74 Å². The molecular formula is C17H21N3O2S. The molecular weight excluding hydrogens is 310 g/mol. The van der Waals surface area contributed by atoms with E-state index in [0.29, 0.717) is 10.6 Å². The molecule has 1 saturated heterocycles. The first-order valence-electron chi connectivity index (χ1n) is 7.88. The predicted molar refractivity (Wildman–Crippen MR) is 89.9 cm³/mol. The van der Waals surface area contributed by atoms with Crippen molar-refractivity contribution in [2.24, 2.45) is 0 Å². The lowest BCUT2D eigenvalue weighted by Gasteiger charge is -2.41. The van der Waals surface area contributed by atoms with E-state index < -0.39 is 0 Å². The maximum Gasteiger partial charge on any atom is 0.268 e. The molecule has 1 fully saturated rings. The average molecular weight is 331 g/mol. The van der Waals surface area contributed by atoms with E-state index in [1.54, 1.807) is 7.11 Å². The van der Waals surface area contributed by atoms with Crippen LogP contribution in [0.5, 0.6) is 5.75 Å². The molecule has 2 aromatic rings. The summed E-state index contributed by atoms with van der Waals surface area (Å²) in [7, 11) is 1.68. The Morgan fingerprint density at radius 2 is 2.13 bits per heavy atom. The van der Waals surface area contributed by atoms with Gasteiger partial charge in [0.15, 0.2) is 0 Å². The zero-order valence-electron chi connectivity index (χ0n) is 13.7. The van der Waals surface area contributed by atoms with E-state index >= 15 is 0 Å². The molecule has 0 saturated carbocycles. The van der Waals surface area contributed by atoms with Gasteiger partial charge in [-0.25, -0.2) is 0 Å². The Morgan fingerprint density at radius 3 is 2.83 bits per heavy atom. The number of ether oxygens (including phenoxy) is 1. The van der Waals surface area contributed by atoms with Gasteiger partial charge in [0.2, 0.25) is 0 Å². The minimum absolute atomic E-state index is 0.0283. The van der Waals surface area contributed by atoms with E-state index in [0.717, 1.165) is 30.6 Å². The molecule has 1 aromatic heterocycles. The zero-order valence-corrected chi connectivity index (χ0v) is 14.5. The highest BCUT2D eigenvalue weighted by Crippen LogP contribution is 2.39. The van der Waals surface area contributed by atoms with Gasteiger partial charge in [-0.15, -0.1) is 5.10 Å². The summed E-state index contributed by atoms with van der Waals surface area (Å²) in [5.41, 5.74) is 1.78. The van der Waals surface area contributed by atoms with E-state index in [1.807, 2.05) is 30.0 Å². The van der Waals surface area contributed by atoms with E-state index in [2.05, 4.69) is 22.6 Å². The number of methoxy groups -OCH3 is 1. The Bertz CT molecular complexity index is 701. The van der Waals surface area contributed by atoms with Gasteiger partial charge in [-0.3, -0.25) is 4.79 Å². The minimum Gasteiger partial charge on any atom is -0.496 e. The van der Waals surface area contributed by atoms with Crippen LogP contribution >= 0.6 is 11.5 Å². The van der Waals surface area contributed by atoms with Crippen LogP contribution < -0.4 is 4.74 Å². The third-order valence-corrected chi connectivity index (χ3v) is 5.30. The third kappa shape index (κ3) is 2.95. The molecule has 2 atom stereocenters. The molecule has 5 nitrogen and oxygen atoms in total. The standard InChI is InChI=1S/C17H21N3O2S/c1-11-7-6-9-14(13-8-4-5-10-15(13)22-3)20(11)17(21)16-12(2)18-19-23-16/h4-5,8,10-11,14H,6-7,9H2,1-3H3/t11-,14-/m1/s1. The number of aromatic nitrogens is 2. The van der Waals surface area contributed by atoms with Crippen LogP contribution in [-0.2, 0) is 0 Å². The topological polar surface area (TPSA) is 55.3 Å². The van der Waals surface area contributed by atoms with Crippen molar-refractivity contribution in [3.63, 3.8) is 0 Å². The number of rotatable bonds is 3. The Kier molecular flexibility index (Phi) is 4.61. The number of para-hydroxylation sites is 1. The molecule has 0 unspecified atom stereocenters. The van der Waals surface area contributed by atoms with Gasteiger partial charge in [-0.1, -0.05) is 22.7 Å². The van der Waals surface area contributed by atoms with Gasteiger partial charge >= 0.3 is 0 Å². The molecule has 2 heterocycles. The molecule has 1 amide bonds. The summed E-state index contributed by atoms with van der Waals surface area (Å²) in [4.78, 5) is 15.7. The lowest BCUT2D eigenvalue weighted by Crippen LogP contribution is -2.44. The van der Waals surface area contributed by atoms with Crippen molar-refractivity contribution in [2.75, 3.05) is 7.11 Å². The lowest BCUT2D eigenvalue weighted by atomic mass is 9.90.